The van der Waals surface area contributed by atoms with Crippen LogP contribution in [0.2, 0.25) is 0 Å². The van der Waals surface area contributed by atoms with Crippen molar-refractivity contribution >= 4 is 0 Å². The standard InChI is InChI=1S/C10H17F3N2/c1-9(8-2-3-8)6-15(5-4-14-9)7-10(11,12)13/h8,14H,2-7H2,1H3. The quantitative estimate of drug-likeness (QED) is 0.763. The third-order valence-corrected chi connectivity index (χ3v) is 3.39. The molecule has 1 atom stereocenters. The highest BCUT2D eigenvalue weighted by molar-refractivity contribution is 5.02. The summed E-state index contributed by atoms with van der Waals surface area (Å²) < 4.78 is 36.7. The molecule has 2 nitrogen and oxygen atoms in total. The van der Waals surface area contributed by atoms with Crippen molar-refractivity contribution in [2.24, 2.45) is 5.92 Å². The number of halogens is 3. The molecule has 0 aromatic carbocycles. The molecular formula is C10H17F3N2. The minimum Gasteiger partial charge on any atom is -0.309 e. The topological polar surface area (TPSA) is 15.3 Å². The van der Waals surface area contributed by atoms with Crippen molar-refractivity contribution < 1.29 is 13.2 Å². The van der Waals surface area contributed by atoms with E-state index in [2.05, 4.69) is 5.32 Å². The number of piperazine rings is 1. The molecule has 0 aromatic heterocycles. The summed E-state index contributed by atoms with van der Waals surface area (Å²) in [4.78, 5) is 1.52. The van der Waals surface area contributed by atoms with Crippen LogP contribution in [-0.2, 0) is 0 Å². The van der Waals surface area contributed by atoms with Gasteiger partial charge < -0.3 is 5.32 Å². The van der Waals surface area contributed by atoms with Crippen LogP contribution < -0.4 is 5.32 Å². The molecule has 1 saturated carbocycles. The highest BCUT2D eigenvalue weighted by Crippen LogP contribution is 2.40. The Balaban J connectivity index is 1.92. The molecule has 5 heteroatoms. The summed E-state index contributed by atoms with van der Waals surface area (Å²) in [5.41, 5.74) is -0.0938. The Bertz CT molecular complexity index is 237. The SMILES string of the molecule is CC1(C2CC2)CN(CC(F)(F)F)CCN1. The van der Waals surface area contributed by atoms with Gasteiger partial charge >= 0.3 is 6.18 Å². The van der Waals surface area contributed by atoms with Crippen molar-refractivity contribution in [1.82, 2.24) is 10.2 Å². The summed E-state index contributed by atoms with van der Waals surface area (Å²) in [5, 5.41) is 3.36. The Kier molecular flexibility index (Phi) is 2.71. The molecule has 1 unspecified atom stereocenters. The Hall–Kier alpha value is -0.290. The lowest BCUT2D eigenvalue weighted by Gasteiger charge is -2.42. The van der Waals surface area contributed by atoms with E-state index in [-0.39, 0.29) is 5.54 Å². The normalized spacial score (nSPS) is 34.4. The molecule has 1 saturated heterocycles. The molecule has 2 fully saturated rings. The molecule has 0 aromatic rings. The Morgan fingerprint density at radius 1 is 1.40 bits per heavy atom. The van der Waals surface area contributed by atoms with Gasteiger partial charge in [0.05, 0.1) is 6.54 Å². The van der Waals surface area contributed by atoms with Gasteiger partial charge in [0.15, 0.2) is 0 Å². The maximum Gasteiger partial charge on any atom is 0.401 e. The predicted molar refractivity (Wildman–Crippen MR) is 51.6 cm³/mol. The third-order valence-electron chi connectivity index (χ3n) is 3.39. The smallest absolute Gasteiger partial charge is 0.309 e. The zero-order valence-electron chi connectivity index (χ0n) is 8.90. The van der Waals surface area contributed by atoms with Gasteiger partial charge in [-0.25, -0.2) is 0 Å². The maximum atomic E-state index is 12.2. The number of alkyl halides is 3. The van der Waals surface area contributed by atoms with Gasteiger partial charge in [-0.1, -0.05) is 0 Å². The zero-order chi connectivity index (χ0) is 11.1. The van der Waals surface area contributed by atoms with E-state index in [0.717, 1.165) is 12.8 Å². The summed E-state index contributed by atoms with van der Waals surface area (Å²) in [6, 6.07) is 0. The van der Waals surface area contributed by atoms with Crippen LogP contribution in [0.25, 0.3) is 0 Å². The van der Waals surface area contributed by atoms with Crippen molar-refractivity contribution in [2.75, 3.05) is 26.2 Å². The lowest BCUT2D eigenvalue weighted by molar-refractivity contribution is -0.150. The summed E-state index contributed by atoms with van der Waals surface area (Å²) in [7, 11) is 0. The largest absolute Gasteiger partial charge is 0.401 e. The Morgan fingerprint density at radius 3 is 2.60 bits per heavy atom. The highest BCUT2D eigenvalue weighted by Gasteiger charge is 2.45. The molecule has 1 aliphatic carbocycles. The van der Waals surface area contributed by atoms with Crippen molar-refractivity contribution in [1.29, 1.82) is 0 Å². The van der Waals surface area contributed by atoms with Crippen molar-refractivity contribution in [3.63, 3.8) is 0 Å². The van der Waals surface area contributed by atoms with E-state index in [1.807, 2.05) is 6.92 Å². The Labute approximate surface area is 87.8 Å². The molecule has 15 heavy (non-hydrogen) atoms. The van der Waals surface area contributed by atoms with E-state index in [1.54, 1.807) is 0 Å². The lowest BCUT2D eigenvalue weighted by atomic mass is 9.93. The average molecular weight is 222 g/mol. The van der Waals surface area contributed by atoms with Crippen molar-refractivity contribution in [2.45, 2.75) is 31.5 Å². The first-order valence-electron chi connectivity index (χ1n) is 5.43. The molecule has 1 N–H and O–H groups in total. The highest BCUT2D eigenvalue weighted by atomic mass is 19.4. The van der Waals surface area contributed by atoms with E-state index in [9.17, 15) is 13.2 Å². The molecule has 0 bridgehead atoms. The number of nitrogens with one attached hydrogen (secondary N) is 1. The molecule has 88 valence electrons. The van der Waals surface area contributed by atoms with Gasteiger partial charge in [-0.2, -0.15) is 13.2 Å². The lowest BCUT2D eigenvalue weighted by Crippen LogP contribution is -2.61. The second-order valence-electron chi connectivity index (χ2n) is 4.94. The van der Waals surface area contributed by atoms with Crippen LogP contribution in [0, 0.1) is 5.92 Å². The first-order valence-corrected chi connectivity index (χ1v) is 5.43. The first kappa shape index (κ1) is 11.2. The third kappa shape index (κ3) is 2.84. The fourth-order valence-electron chi connectivity index (χ4n) is 2.48. The Morgan fingerprint density at radius 2 is 2.07 bits per heavy atom. The first-order chi connectivity index (χ1) is 6.89. The van der Waals surface area contributed by atoms with Crippen molar-refractivity contribution in [3.8, 4) is 0 Å². The molecule has 0 radical (unpaired) electrons. The van der Waals surface area contributed by atoms with E-state index in [0.29, 0.717) is 25.6 Å². The molecule has 0 amide bonds. The van der Waals surface area contributed by atoms with Crippen LogP contribution in [-0.4, -0.2) is 42.8 Å². The second-order valence-corrected chi connectivity index (χ2v) is 4.94. The van der Waals surface area contributed by atoms with Gasteiger partial charge in [0.25, 0.3) is 0 Å². The number of rotatable bonds is 2. The summed E-state index contributed by atoms with van der Waals surface area (Å²) in [5.74, 6) is 0.577. The van der Waals surface area contributed by atoms with E-state index < -0.39 is 12.7 Å². The van der Waals surface area contributed by atoms with Gasteiger partial charge in [-0.05, 0) is 25.7 Å². The minimum absolute atomic E-state index is 0.0938. The van der Waals surface area contributed by atoms with Gasteiger partial charge in [0.1, 0.15) is 0 Å². The van der Waals surface area contributed by atoms with Crippen molar-refractivity contribution in [3.05, 3.63) is 0 Å². The minimum atomic E-state index is -4.07. The van der Waals surface area contributed by atoms with Crippen LogP contribution >= 0.6 is 0 Å². The molecule has 1 heterocycles. The number of hydrogen-bond donors (Lipinski definition) is 1. The maximum absolute atomic E-state index is 12.2. The molecule has 0 spiro atoms. The molecule has 2 rings (SSSR count). The van der Waals surface area contributed by atoms with Crippen LogP contribution in [0.3, 0.4) is 0 Å². The van der Waals surface area contributed by atoms with Gasteiger partial charge in [0, 0.05) is 25.2 Å². The van der Waals surface area contributed by atoms with Crippen LogP contribution in [0.15, 0.2) is 0 Å². The predicted octanol–water partition coefficient (Wildman–Crippen LogP) is 1.62. The van der Waals surface area contributed by atoms with Crippen LogP contribution in [0.1, 0.15) is 19.8 Å². The molecule has 1 aliphatic heterocycles. The van der Waals surface area contributed by atoms with Gasteiger partial charge in [-0.3, -0.25) is 4.90 Å². The van der Waals surface area contributed by atoms with E-state index >= 15 is 0 Å². The molecular weight excluding hydrogens is 205 g/mol. The summed E-state index contributed by atoms with van der Waals surface area (Å²) in [6.07, 6.45) is -1.76. The van der Waals surface area contributed by atoms with Crippen LogP contribution in [0.4, 0.5) is 13.2 Å². The fourth-order valence-corrected chi connectivity index (χ4v) is 2.48. The number of hydrogen-bond acceptors (Lipinski definition) is 2. The van der Waals surface area contributed by atoms with E-state index in [4.69, 9.17) is 0 Å². The second kappa shape index (κ2) is 3.63. The average Bonchev–Trinajstić information content (AvgIpc) is 2.81. The summed E-state index contributed by atoms with van der Waals surface area (Å²) in [6.45, 7) is 2.98. The van der Waals surface area contributed by atoms with Gasteiger partial charge in [0.2, 0.25) is 0 Å². The number of nitrogens with zero attached hydrogens (tertiary/aromatic N) is 1. The fraction of sp³-hybridized carbons (Fsp3) is 1.00. The van der Waals surface area contributed by atoms with Gasteiger partial charge in [-0.15, -0.1) is 0 Å². The van der Waals surface area contributed by atoms with E-state index in [1.165, 1.54) is 4.90 Å². The van der Waals surface area contributed by atoms with Crippen LogP contribution in [0.5, 0.6) is 0 Å². The summed E-state index contributed by atoms with van der Waals surface area (Å²) >= 11 is 0. The zero-order valence-corrected chi connectivity index (χ0v) is 8.90. The molecule has 2 aliphatic rings. The monoisotopic (exact) mass is 222 g/mol.